The van der Waals surface area contributed by atoms with Gasteiger partial charge in [0.25, 0.3) is 0 Å². The maximum Gasteiger partial charge on any atom is 0.182 e. The van der Waals surface area contributed by atoms with E-state index in [1.165, 1.54) is 0 Å². The molecule has 0 saturated heterocycles. The zero-order valence-electron chi connectivity index (χ0n) is 18.7. The highest BCUT2D eigenvalue weighted by molar-refractivity contribution is 7.96. The molecule has 9 unspecified atom stereocenters. The van der Waals surface area contributed by atoms with Crippen LogP contribution in [0.3, 0.4) is 0 Å². The van der Waals surface area contributed by atoms with Gasteiger partial charge in [0.15, 0.2) is 19.7 Å². The molecule has 1 aliphatic heterocycles. The minimum absolute atomic E-state index is 0.120. The van der Waals surface area contributed by atoms with Crippen molar-refractivity contribution in [2.24, 2.45) is 39.3 Å². The summed E-state index contributed by atoms with van der Waals surface area (Å²) in [5.74, 6) is -0.377. The average Bonchev–Trinajstić information content (AvgIpc) is 3.64. The lowest BCUT2D eigenvalue weighted by molar-refractivity contribution is 0.0480. The number of allylic oxidation sites excluding steroid dienone is 1. The van der Waals surface area contributed by atoms with Gasteiger partial charge in [0.05, 0.1) is 26.3 Å². The minimum atomic E-state index is -3.93. The van der Waals surface area contributed by atoms with Gasteiger partial charge in [-0.3, -0.25) is 0 Å². The number of nitrogens with zero attached hydrogens (tertiary/aromatic N) is 2. The lowest BCUT2D eigenvalue weighted by atomic mass is 9.54. The molecule has 3 saturated carbocycles. The highest BCUT2D eigenvalue weighted by Crippen LogP contribution is 2.80. The Morgan fingerprint density at radius 3 is 1.85 bits per heavy atom. The van der Waals surface area contributed by atoms with Crippen molar-refractivity contribution >= 4 is 19.7 Å². The molecule has 2 aromatic carbocycles. The van der Waals surface area contributed by atoms with E-state index < -0.39 is 41.1 Å². The van der Waals surface area contributed by atoms with Crippen LogP contribution in [0.4, 0.5) is 0 Å². The molecule has 0 spiro atoms. The smallest absolute Gasteiger partial charge is 0.182 e. The summed E-state index contributed by atoms with van der Waals surface area (Å²) in [6.45, 7) is 2.05. The summed E-state index contributed by atoms with van der Waals surface area (Å²) in [5, 5.41) is 7.47. The van der Waals surface area contributed by atoms with Crippen molar-refractivity contribution in [2.45, 2.75) is 51.6 Å². The molecule has 6 nitrogen and oxygen atoms in total. The summed E-state index contributed by atoms with van der Waals surface area (Å²) >= 11 is 0. The molecule has 9 atom stereocenters. The van der Waals surface area contributed by atoms with Crippen LogP contribution in [-0.2, 0) is 19.7 Å². The van der Waals surface area contributed by atoms with E-state index in [0.717, 1.165) is 6.42 Å². The van der Waals surface area contributed by atoms with Gasteiger partial charge < -0.3 is 0 Å². The fraction of sp³-hybridized carbons (Fsp3) is 0.462. The molecule has 0 N–H and O–H groups in total. The van der Waals surface area contributed by atoms with Crippen LogP contribution in [0, 0.1) is 29.1 Å². The van der Waals surface area contributed by atoms with Crippen molar-refractivity contribution in [1.29, 1.82) is 0 Å². The van der Waals surface area contributed by atoms with Crippen molar-refractivity contribution in [2.75, 3.05) is 0 Å². The van der Waals surface area contributed by atoms with E-state index in [0.29, 0.717) is 6.42 Å². The number of hydrogen-bond donors (Lipinski definition) is 0. The molecular weight excluding hydrogens is 468 g/mol. The van der Waals surface area contributed by atoms with Gasteiger partial charge in [-0.2, -0.15) is 10.2 Å². The number of azo groups is 1. The van der Waals surface area contributed by atoms with Crippen LogP contribution in [0.2, 0.25) is 0 Å². The van der Waals surface area contributed by atoms with Crippen LogP contribution in [0.15, 0.2) is 92.8 Å². The summed E-state index contributed by atoms with van der Waals surface area (Å²) in [6.07, 6.45) is 5.88. The van der Waals surface area contributed by atoms with Gasteiger partial charge in [0.1, 0.15) is 5.54 Å². The first-order chi connectivity index (χ1) is 16.3. The molecule has 4 bridgehead atoms. The number of hydrogen-bond acceptors (Lipinski definition) is 6. The van der Waals surface area contributed by atoms with Gasteiger partial charge >= 0.3 is 0 Å². The van der Waals surface area contributed by atoms with Crippen molar-refractivity contribution in [3.05, 3.63) is 72.8 Å². The maximum absolute atomic E-state index is 14.3. The van der Waals surface area contributed by atoms with Gasteiger partial charge in [0.2, 0.25) is 0 Å². The van der Waals surface area contributed by atoms with E-state index in [9.17, 15) is 16.8 Å². The molecule has 0 radical (unpaired) electrons. The minimum Gasteiger partial charge on any atom is -0.223 e. The highest BCUT2D eigenvalue weighted by Gasteiger charge is 2.86. The largest absolute Gasteiger partial charge is 0.223 e. The van der Waals surface area contributed by atoms with Crippen LogP contribution in [0.5, 0.6) is 0 Å². The summed E-state index contributed by atoms with van der Waals surface area (Å²) in [5.41, 5.74) is -1.04. The number of rotatable bonds is 4. The van der Waals surface area contributed by atoms with Crippen molar-refractivity contribution in [1.82, 2.24) is 0 Å². The fourth-order valence-corrected chi connectivity index (χ4v) is 14.0. The first kappa shape index (κ1) is 21.0. The van der Waals surface area contributed by atoms with Gasteiger partial charge in [-0.25, -0.2) is 16.8 Å². The standard InChI is InChI=1S/C26H26N2O4S2/c1-16-25-17-12-13-18(14-17)26(25,28-27-16)22-15-21(25)23(33(29,30)19-8-4-2-5-9-19)24(22)34(31,32)20-10-6-3-7-11-20/h2-13,16-18,21-24H,14-15H2,1H3. The Labute approximate surface area is 200 Å². The van der Waals surface area contributed by atoms with Crippen LogP contribution >= 0.6 is 0 Å². The van der Waals surface area contributed by atoms with E-state index in [4.69, 9.17) is 5.11 Å². The predicted molar refractivity (Wildman–Crippen MR) is 127 cm³/mol. The van der Waals surface area contributed by atoms with Crippen LogP contribution in [0.1, 0.15) is 19.8 Å². The lowest BCUT2D eigenvalue weighted by Gasteiger charge is -2.53. The zero-order valence-corrected chi connectivity index (χ0v) is 20.4. The number of sulfone groups is 2. The van der Waals surface area contributed by atoms with Gasteiger partial charge in [-0.05, 0) is 55.9 Å². The van der Waals surface area contributed by atoms with E-state index >= 15 is 0 Å². The Bertz CT molecular complexity index is 1450. The molecule has 2 aromatic rings. The molecule has 5 aliphatic rings. The SMILES string of the molecule is CC1N=NC23C4C=CC(C4)C12C1CC3C(S(=O)(=O)c2ccccc2)C1S(=O)(=O)c1ccccc1. The molecule has 0 aromatic heterocycles. The molecule has 4 aliphatic carbocycles. The number of fused-ring (bicyclic) bond motifs is 4. The average molecular weight is 495 g/mol. The molecule has 34 heavy (non-hydrogen) atoms. The Morgan fingerprint density at radius 1 is 0.735 bits per heavy atom. The van der Waals surface area contributed by atoms with E-state index in [-0.39, 0.29) is 39.5 Å². The van der Waals surface area contributed by atoms with Crippen LogP contribution in [-0.4, -0.2) is 38.9 Å². The molecule has 7 rings (SSSR count). The third-order valence-corrected chi connectivity index (χ3v) is 14.4. The molecular formula is C26H26N2O4S2. The number of benzene rings is 2. The zero-order chi connectivity index (χ0) is 23.5. The quantitative estimate of drug-likeness (QED) is 0.598. The second-order valence-electron chi connectivity index (χ2n) is 10.6. The molecule has 3 fully saturated rings. The summed E-state index contributed by atoms with van der Waals surface area (Å²) < 4.78 is 56.9. The molecule has 1 heterocycles. The van der Waals surface area contributed by atoms with Crippen LogP contribution < -0.4 is 0 Å². The first-order valence-corrected chi connectivity index (χ1v) is 15.0. The van der Waals surface area contributed by atoms with Crippen molar-refractivity contribution < 1.29 is 16.8 Å². The molecule has 176 valence electrons. The van der Waals surface area contributed by atoms with Crippen molar-refractivity contribution in [3.63, 3.8) is 0 Å². The predicted octanol–water partition coefficient (Wildman–Crippen LogP) is 4.11. The first-order valence-electron chi connectivity index (χ1n) is 12.0. The maximum atomic E-state index is 14.3. The Balaban J connectivity index is 1.49. The van der Waals surface area contributed by atoms with E-state index in [1.54, 1.807) is 60.7 Å². The van der Waals surface area contributed by atoms with Gasteiger partial charge in [-0.15, -0.1) is 0 Å². The molecule has 8 heteroatoms. The van der Waals surface area contributed by atoms with Gasteiger partial charge in [0, 0.05) is 17.3 Å². The Hall–Kier alpha value is -2.32. The molecule has 0 amide bonds. The highest BCUT2D eigenvalue weighted by atomic mass is 32.2. The second-order valence-corrected chi connectivity index (χ2v) is 14.8. The Morgan fingerprint density at radius 2 is 1.26 bits per heavy atom. The summed E-state index contributed by atoms with van der Waals surface area (Å²) in [7, 11) is -7.86. The summed E-state index contributed by atoms with van der Waals surface area (Å²) in [4.78, 5) is 0.380. The third-order valence-electron chi connectivity index (χ3n) is 9.71. The van der Waals surface area contributed by atoms with Gasteiger partial charge in [-0.1, -0.05) is 48.6 Å². The Kier molecular flexibility index (Phi) is 3.99. The lowest BCUT2D eigenvalue weighted by Crippen LogP contribution is -2.65. The van der Waals surface area contributed by atoms with Crippen LogP contribution in [0.25, 0.3) is 0 Å². The fourth-order valence-electron chi connectivity index (χ4n) is 8.85. The second kappa shape index (κ2) is 6.46. The monoisotopic (exact) mass is 494 g/mol. The normalized spacial score (nSPS) is 43.4. The van der Waals surface area contributed by atoms with E-state index in [1.807, 2.05) is 6.92 Å². The summed E-state index contributed by atoms with van der Waals surface area (Å²) in [6, 6.07) is 16.6. The van der Waals surface area contributed by atoms with Crippen molar-refractivity contribution in [3.8, 4) is 0 Å². The third kappa shape index (κ3) is 2.11. The topological polar surface area (TPSA) is 93.0 Å². The van der Waals surface area contributed by atoms with E-state index in [2.05, 4.69) is 17.3 Å².